The number of nitrogens with one attached hydrogen (secondary N) is 1. The molecule has 0 bridgehead atoms. The molecule has 7 nitrogen and oxygen atoms in total. The number of para-hydroxylation sites is 2. The molecule has 0 atom stereocenters. The lowest BCUT2D eigenvalue weighted by molar-refractivity contribution is 0.0951. The number of fused-ring (bicyclic) bond motifs is 2. The lowest BCUT2D eigenvalue weighted by atomic mass is 10.0. The fourth-order valence-corrected chi connectivity index (χ4v) is 3.99. The Morgan fingerprint density at radius 1 is 1.00 bits per heavy atom. The molecule has 0 spiro atoms. The van der Waals surface area contributed by atoms with E-state index in [4.69, 9.17) is 4.98 Å². The number of carbonyl (C=O) groups excluding carboxylic acids is 1. The van der Waals surface area contributed by atoms with Gasteiger partial charge in [0, 0.05) is 19.7 Å². The van der Waals surface area contributed by atoms with E-state index in [0.29, 0.717) is 17.8 Å². The van der Waals surface area contributed by atoms with Gasteiger partial charge in [0.2, 0.25) is 0 Å². The average Bonchev–Trinajstić information content (AvgIpc) is 3.27. The molecule has 0 aliphatic carbocycles. The normalized spacial score (nSPS) is 11.3. The SMILES string of the molecule is Cc1nn(C)c2nc(-c3ccccc3)cc(C(=O)NCc3nc4ccccc4n3C)c12. The maximum Gasteiger partial charge on any atom is 0.252 e. The zero-order chi connectivity index (χ0) is 21.5. The smallest absolute Gasteiger partial charge is 0.252 e. The van der Waals surface area contributed by atoms with E-state index in [0.717, 1.165) is 39.2 Å². The zero-order valence-electron chi connectivity index (χ0n) is 17.6. The molecule has 0 unspecified atom stereocenters. The summed E-state index contributed by atoms with van der Waals surface area (Å²) in [4.78, 5) is 22.7. The number of imidazole rings is 1. The van der Waals surface area contributed by atoms with Crippen LogP contribution in [0.3, 0.4) is 0 Å². The molecule has 7 heteroatoms. The first kappa shape index (κ1) is 19.0. The Labute approximate surface area is 179 Å². The Kier molecular flexibility index (Phi) is 4.51. The van der Waals surface area contributed by atoms with Gasteiger partial charge in [-0.05, 0) is 25.1 Å². The molecule has 0 aliphatic rings. The second-order valence-electron chi connectivity index (χ2n) is 7.59. The van der Waals surface area contributed by atoms with Crippen molar-refractivity contribution >= 4 is 28.0 Å². The molecular weight excluding hydrogens is 388 g/mol. The summed E-state index contributed by atoms with van der Waals surface area (Å²) in [6.07, 6.45) is 0. The van der Waals surface area contributed by atoms with Gasteiger partial charge in [-0.25, -0.2) is 9.97 Å². The Morgan fingerprint density at radius 3 is 2.52 bits per heavy atom. The largest absolute Gasteiger partial charge is 0.345 e. The average molecular weight is 410 g/mol. The summed E-state index contributed by atoms with van der Waals surface area (Å²) in [5, 5.41) is 8.29. The molecule has 0 radical (unpaired) electrons. The van der Waals surface area contributed by atoms with E-state index in [9.17, 15) is 4.79 Å². The summed E-state index contributed by atoms with van der Waals surface area (Å²) in [6, 6.07) is 19.6. The molecule has 3 aromatic heterocycles. The van der Waals surface area contributed by atoms with Crippen molar-refractivity contribution in [3.63, 3.8) is 0 Å². The topological polar surface area (TPSA) is 77.6 Å². The third-order valence-corrected chi connectivity index (χ3v) is 5.57. The van der Waals surface area contributed by atoms with E-state index in [1.165, 1.54) is 0 Å². The molecule has 2 aromatic carbocycles. The van der Waals surface area contributed by atoms with Crippen molar-refractivity contribution in [1.82, 2.24) is 29.6 Å². The molecule has 0 fully saturated rings. The van der Waals surface area contributed by atoms with Crippen LogP contribution >= 0.6 is 0 Å². The van der Waals surface area contributed by atoms with Crippen molar-refractivity contribution in [1.29, 1.82) is 0 Å². The van der Waals surface area contributed by atoms with Crippen LogP contribution in [0.25, 0.3) is 33.3 Å². The summed E-state index contributed by atoms with van der Waals surface area (Å²) in [5.74, 6) is 0.624. The summed E-state index contributed by atoms with van der Waals surface area (Å²) in [7, 11) is 3.80. The maximum atomic E-state index is 13.3. The van der Waals surface area contributed by atoms with Crippen LogP contribution in [0.2, 0.25) is 0 Å². The number of benzene rings is 2. The Bertz CT molecular complexity index is 1430. The van der Waals surface area contributed by atoms with Gasteiger partial charge in [0.1, 0.15) is 5.82 Å². The summed E-state index contributed by atoms with van der Waals surface area (Å²) in [6.45, 7) is 2.22. The summed E-state index contributed by atoms with van der Waals surface area (Å²) < 4.78 is 3.72. The van der Waals surface area contributed by atoms with Gasteiger partial charge in [0.25, 0.3) is 5.91 Å². The first-order valence-electron chi connectivity index (χ1n) is 10.1. The van der Waals surface area contributed by atoms with Gasteiger partial charge in [-0.3, -0.25) is 9.48 Å². The molecule has 3 heterocycles. The minimum Gasteiger partial charge on any atom is -0.345 e. The van der Waals surface area contributed by atoms with E-state index in [1.807, 2.05) is 86.2 Å². The molecule has 5 rings (SSSR count). The second-order valence-corrected chi connectivity index (χ2v) is 7.59. The molecule has 0 saturated carbocycles. The number of amides is 1. The number of carbonyl (C=O) groups is 1. The first-order chi connectivity index (χ1) is 15.0. The fraction of sp³-hybridized carbons (Fsp3) is 0.167. The third kappa shape index (κ3) is 3.24. The number of aryl methyl sites for hydroxylation is 3. The Balaban J connectivity index is 1.53. The van der Waals surface area contributed by atoms with Crippen LogP contribution < -0.4 is 5.32 Å². The van der Waals surface area contributed by atoms with Crippen LogP contribution in [0.4, 0.5) is 0 Å². The summed E-state index contributed by atoms with van der Waals surface area (Å²) in [5.41, 5.74) is 5.66. The van der Waals surface area contributed by atoms with Gasteiger partial charge in [-0.2, -0.15) is 5.10 Å². The second kappa shape index (κ2) is 7.36. The van der Waals surface area contributed by atoms with Crippen molar-refractivity contribution in [3.8, 4) is 11.3 Å². The first-order valence-corrected chi connectivity index (χ1v) is 10.1. The number of hydrogen-bond donors (Lipinski definition) is 1. The van der Waals surface area contributed by atoms with Gasteiger partial charge in [-0.15, -0.1) is 0 Å². The highest BCUT2D eigenvalue weighted by Crippen LogP contribution is 2.27. The highest BCUT2D eigenvalue weighted by atomic mass is 16.1. The summed E-state index contributed by atoms with van der Waals surface area (Å²) >= 11 is 0. The highest BCUT2D eigenvalue weighted by Gasteiger charge is 2.19. The van der Waals surface area contributed by atoms with Crippen LogP contribution in [0.5, 0.6) is 0 Å². The molecule has 154 valence electrons. The molecule has 0 aliphatic heterocycles. The molecular formula is C24H22N6O. The monoisotopic (exact) mass is 410 g/mol. The van der Waals surface area contributed by atoms with E-state index >= 15 is 0 Å². The molecule has 31 heavy (non-hydrogen) atoms. The van der Waals surface area contributed by atoms with Crippen LogP contribution in [0.1, 0.15) is 21.9 Å². The lowest BCUT2D eigenvalue weighted by Crippen LogP contribution is -2.25. The highest BCUT2D eigenvalue weighted by molar-refractivity contribution is 6.07. The molecule has 1 amide bonds. The molecule has 0 saturated heterocycles. The van der Waals surface area contributed by atoms with E-state index in [2.05, 4.69) is 15.4 Å². The third-order valence-electron chi connectivity index (χ3n) is 5.57. The molecule has 1 N–H and O–H groups in total. The van der Waals surface area contributed by atoms with Gasteiger partial charge >= 0.3 is 0 Å². The lowest BCUT2D eigenvalue weighted by Gasteiger charge is -2.10. The van der Waals surface area contributed by atoms with Crippen LogP contribution in [0, 0.1) is 6.92 Å². The number of rotatable bonds is 4. The van der Waals surface area contributed by atoms with Crippen LogP contribution in [-0.2, 0) is 20.6 Å². The van der Waals surface area contributed by atoms with Gasteiger partial charge in [0.15, 0.2) is 5.65 Å². The zero-order valence-corrected chi connectivity index (χ0v) is 17.6. The number of hydrogen-bond acceptors (Lipinski definition) is 4. The Hall–Kier alpha value is -4.00. The van der Waals surface area contributed by atoms with Crippen molar-refractivity contribution in [3.05, 3.63) is 77.7 Å². The van der Waals surface area contributed by atoms with Crippen molar-refractivity contribution in [2.45, 2.75) is 13.5 Å². The van der Waals surface area contributed by atoms with Crippen LogP contribution in [0.15, 0.2) is 60.7 Å². The van der Waals surface area contributed by atoms with Crippen molar-refractivity contribution in [2.75, 3.05) is 0 Å². The minimum atomic E-state index is -0.173. The Morgan fingerprint density at radius 2 is 1.74 bits per heavy atom. The number of nitrogens with zero attached hydrogens (tertiary/aromatic N) is 5. The van der Waals surface area contributed by atoms with E-state index < -0.39 is 0 Å². The van der Waals surface area contributed by atoms with E-state index in [-0.39, 0.29) is 5.91 Å². The standard InChI is InChI=1S/C24H22N6O/c1-15-22-17(13-19(16-9-5-4-6-10-16)27-23(22)30(3)28-15)24(31)25-14-21-26-18-11-7-8-12-20(18)29(21)2/h4-13H,14H2,1-3H3,(H,25,31). The number of pyridine rings is 1. The quantitative estimate of drug-likeness (QED) is 0.489. The van der Waals surface area contributed by atoms with Crippen LogP contribution in [-0.4, -0.2) is 30.2 Å². The minimum absolute atomic E-state index is 0.173. The molecule has 5 aromatic rings. The number of aromatic nitrogens is 5. The van der Waals surface area contributed by atoms with Crippen molar-refractivity contribution < 1.29 is 4.79 Å². The van der Waals surface area contributed by atoms with Crippen molar-refractivity contribution in [2.24, 2.45) is 14.1 Å². The van der Waals surface area contributed by atoms with Gasteiger partial charge < -0.3 is 9.88 Å². The van der Waals surface area contributed by atoms with Gasteiger partial charge in [0.05, 0.1) is 39.9 Å². The van der Waals surface area contributed by atoms with Gasteiger partial charge in [-0.1, -0.05) is 42.5 Å². The van der Waals surface area contributed by atoms with E-state index in [1.54, 1.807) is 4.68 Å². The predicted molar refractivity (Wildman–Crippen MR) is 121 cm³/mol. The maximum absolute atomic E-state index is 13.3. The predicted octanol–water partition coefficient (Wildman–Crippen LogP) is 3.76. The fourth-order valence-electron chi connectivity index (χ4n) is 3.99.